The molecular weight excluding hydrogens is 226 g/mol. The molecule has 0 saturated heterocycles. The van der Waals surface area contributed by atoms with Gasteiger partial charge in [0.15, 0.2) is 0 Å². The summed E-state index contributed by atoms with van der Waals surface area (Å²) in [5.74, 6) is -0.117. The van der Waals surface area contributed by atoms with Crippen LogP contribution < -0.4 is 4.74 Å². The van der Waals surface area contributed by atoms with Crippen molar-refractivity contribution in [1.29, 1.82) is 0 Å². The van der Waals surface area contributed by atoms with Crippen LogP contribution in [0.4, 0.5) is 18.6 Å². The van der Waals surface area contributed by atoms with Gasteiger partial charge in [0.25, 0.3) is 5.69 Å². The highest BCUT2D eigenvalue weighted by Gasteiger charge is 2.25. The smallest absolute Gasteiger partial charge is 0.515 e. The van der Waals surface area contributed by atoms with E-state index in [0.29, 0.717) is 0 Å². The van der Waals surface area contributed by atoms with Gasteiger partial charge in [-0.15, -0.1) is 0 Å². The van der Waals surface area contributed by atoms with Crippen molar-refractivity contribution in [3.05, 3.63) is 33.9 Å². The van der Waals surface area contributed by atoms with Gasteiger partial charge >= 0.3 is 6.98 Å². The van der Waals surface area contributed by atoms with Crippen molar-refractivity contribution in [1.82, 2.24) is 0 Å². The lowest BCUT2D eigenvalue weighted by Gasteiger charge is -2.16. The standard InChI is InChI=1S/C8H8BF3NO3/c1-6-7(13(14)15)3-2-4-8(6)16-5-9(10,11)12/h2-4H,5H2,1H3/q-1. The molecule has 16 heavy (non-hydrogen) atoms. The second-order valence-corrected chi connectivity index (χ2v) is 3.18. The molecule has 0 N–H and O–H groups in total. The summed E-state index contributed by atoms with van der Waals surface area (Å²) in [7, 11) is 0. The van der Waals surface area contributed by atoms with E-state index in [1.807, 2.05) is 0 Å². The van der Waals surface area contributed by atoms with E-state index in [4.69, 9.17) is 0 Å². The number of benzene rings is 1. The summed E-state index contributed by atoms with van der Waals surface area (Å²) in [5.41, 5.74) is -0.167. The minimum Gasteiger partial charge on any atom is -0.521 e. The number of hydrogen-bond acceptors (Lipinski definition) is 3. The Morgan fingerprint density at radius 1 is 1.44 bits per heavy atom. The number of hydrogen-bond donors (Lipinski definition) is 0. The average molecular weight is 234 g/mol. The van der Waals surface area contributed by atoms with Crippen molar-refractivity contribution in [2.24, 2.45) is 0 Å². The molecule has 0 spiro atoms. The number of halogens is 3. The van der Waals surface area contributed by atoms with Crippen LogP contribution in [-0.2, 0) is 0 Å². The molecule has 1 rings (SSSR count). The van der Waals surface area contributed by atoms with Crippen molar-refractivity contribution in [3.8, 4) is 5.75 Å². The van der Waals surface area contributed by atoms with E-state index in [9.17, 15) is 23.1 Å². The number of ether oxygens (including phenoxy) is 1. The molecule has 0 aliphatic heterocycles. The third kappa shape index (κ3) is 3.14. The highest BCUT2D eigenvalue weighted by molar-refractivity contribution is 6.58. The maximum absolute atomic E-state index is 11.9. The zero-order valence-electron chi connectivity index (χ0n) is 8.32. The minimum absolute atomic E-state index is 0.0903. The van der Waals surface area contributed by atoms with E-state index in [-0.39, 0.29) is 17.0 Å². The fraction of sp³-hybridized carbons (Fsp3) is 0.250. The molecule has 0 aliphatic rings. The molecular formula is C8H8BF3NO3-. The Hall–Kier alpha value is -1.73. The van der Waals surface area contributed by atoms with Crippen molar-refractivity contribution >= 4 is 12.7 Å². The lowest BCUT2D eigenvalue weighted by Crippen LogP contribution is -2.26. The van der Waals surface area contributed by atoms with Gasteiger partial charge in [-0.05, 0) is 13.0 Å². The first-order chi connectivity index (χ1) is 7.31. The van der Waals surface area contributed by atoms with Crippen LogP contribution in [0.2, 0.25) is 0 Å². The monoisotopic (exact) mass is 234 g/mol. The third-order valence-electron chi connectivity index (χ3n) is 1.88. The molecule has 4 nitrogen and oxygen atoms in total. The Balaban J connectivity index is 2.90. The summed E-state index contributed by atoms with van der Waals surface area (Å²) >= 11 is 0. The van der Waals surface area contributed by atoms with Crippen LogP contribution in [0.3, 0.4) is 0 Å². The van der Waals surface area contributed by atoms with Crippen LogP contribution in [0.15, 0.2) is 18.2 Å². The molecule has 0 aliphatic carbocycles. The molecule has 8 heteroatoms. The van der Waals surface area contributed by atoms with Gasteiger partial charge in [-0.1, -0.05) is 6.07 Å². The molecule has 0 fully saturated rings. The fourth-order valence-corrected chi connectivity index (χ4v) is 1.14. The van der Waals surface area contributed by atoms with E-state index in [2.05, 4.69) is 4.74 Å². The third-order valence-corrected chi connectivity index (χ3v) is 1.88. The molecule has 0 amide bonds. The minimum atomic E-state index is -5.06. The van der Waals surface area contributed by atoms with Gasteiger partial charge in [0, 0.05) is 6.07 Å². The molecule has 0 unspecified atom stereocenters. The van der Waals surface area contributed by atoms with Gasteiger partial charge in [0.05, 0.1) is 17.0 Å². The molecule has 0 heterocycles. The van der Waals surface area contributed by atoms with Crippen LogP contribution in [0, 0.1) is 17.0 Å². The fourth-order valence-electron chi connectivity index (χ4n) is 1.14. The normalized spacial score (nSPS) is 11.2. The first kappa shape index (κ1) is 12.3. The highest BCUT2D eigenvalue weighted by atomic mass is 19.4. The number of nitro benzene ring substituents is 1. The van der Waals surface area contributed by atoms with Crippen molar-refractivity contribution in [2.45, 2.75) is 6.92 Å². The zero-order valence-corrected chi connectivity index (χ0v) is 8.32. The van der Waals surface area contributed by atoms with E-state index in [1.54, 1.807) is 0 Å². The quantitative estimate of drug-likeness (QED) is 0.457. The first-order valence-electron chi connectivity index (χ1n) is 4.39. The van der Waals surface area contributed by atoms with Gasteiger partial charge in [-0.25, -0.2) is 0 Å². The van der Waals surface area contributed by atoms with Gasteiger partial charge < -0.3 is 17.7 Å². The Bertz CT molecular complexity index is 408. The van der Waals surface area contributed by atoms with Crippen molar-refractivity contribution in [3.63, 3.8) is 0 Å². The molecule has 1 aromatic carbocycles. The first-order valence-corrected chi connectivity index (χ1v) is 4.39. The largest absolute Gasteiger partial charge is 0.521 e. The van der Waals surface area contributed by atoms with Gasteiger partial charge in [0.2, 0.25) is 0 Å². The Morgan fingerprint density at radius 2 is 2.06 bits per heavy atom. The lowest BCUT2D eigenvalue weighted by atomic mass is 9.95. The average Bonchev–Trinajstić information content (AvgIpc) is 2.14. The Morgan fingerprint density at radius 3 is 2.56 bits per heavy atom. The summed E-state index contributed by atoms with van der Waals surface area (Å²) in [4.78, 5) is 9.84. The number of nitro groups is 1. The van der Waals surface area contributed by atoms with Gasteiger partial charge in [-0.3, -0.25) is 10.1 Å². The summed E-state index contributed by atoms with van der Waals surface area (Å²) in [6.45, 7) is -5.12. The highest BCUT2D eigenvalue weighted by Crippen LogP contribution is 2.27. The molecule has 88 valence electrons. The number of rotatable bonds is 4. The second-order valence-electron chi connectivity index (χ2n) is 3.18. The van der Waals surface area contributed by atoms with Gasteiger partial charge in [0.1, 0.15) is 5.75 Å². The molecule has 0 aromatic heterocycles. The predicted octanol–water partition coefficient (Wildman–Crippen LogP) is 2.67. The maximum Gasteiger partial charge on any atom is 0.515 e. The van der Waals surface area contributed by atoms with Crippen LogP contribution >= 0.6 is 0 Å². The predicted molar refractivity (Wildman–Crippen MR) is 52.4 cm³/mol. The second kappa shape index (κ2) is 4.42. The summed E-state index contributed by atoms with van der Waals surface area (Å²) in [5, 5.41) is 10.5. The topological polar surface area (TPSA) is 52.4 Å². The summed E-state index contributed by atoms with van der Waals surface area (Å²) in [6.07, 6.45) is 0. The molecule has 0 bridgehead atoms. The molecule has 0 radical (unpaired) electrons. The van der Waals surface area contributed by atoms with Crippen LogP contribution in [-0.4, -0.2) is 18.4 Å². The van der Waals surface area contributed by atoms with Gasteiger partial charge in [-0.2, -0.15) is 0 Å². The molecule has 0 atom stereocenters. The van der Waals surface area contributed by atoms with Crippen LogP contribution in [0.1, 0.15) is 5.56 Å². The van der Waals surface area contributed by atoms with Crippen molar-refractivity contribution in [2.75, 3.05) is 6.51 Å². The Labute approximate surface area is 89.2 Å². The lowest BCUT2D eigenvalue weighted by molar-refractivity contribution is -0.385. The van der Waals surface area contributed by atoms with Crippen molar-refractivity contribution < 1.29 is 22.6 Å². The Kier molecular flexibility index (Phi) is 3.41. The van der Waals surface area contributed by atoms with Crippen LogP contribution in [0.25, 0.3) is 0 Å². The van der Waals surface area contributed by atoms with E-state index >= 15 is 0 Å². The summed E-state index contributed by atoms with van der Waals surface area (Å²) in [6, 6.07) is 3.76. The molecule has 1 aromatic rings. The SMILES string of the molecule is Cc1c(OC[B-](F)(F)F)cccc1[N+](=O)[O-]. The van der Waals surface area contributed by atoms with E-state index < -0.39 is 18.4 Å². The zero-order chi connectivity index (χ0) is 12.3. The number of nitrogens with zero attached hydrogens (tertiary/aromatic N) is 1. The molecule has 0 saturated carbocycles. The summed E-state index contributed by atoms with van der Waals surface area (Å²) < 4.78 is 40.3. The maximum atomic E-state index is 11.9. The van der Waals surface area contributed by atoms with E-state index in [0.717, 1.165) is 0 Å². The van der Waals surface area contributed by atoms with Crippen LogP contribution in [0.5, 0.6) is 5.75 Å². The van der Waals surface area contributed by atoms with E-state index in [1.165, 1.54) is 25.1 Å².